The van der Waals surface area contributed by atoms with Gasteiger partial charge in [-0.05, 0) is 51.7 Å². The van der Waals surface area contributed by atoms with E-state index >= 15 is 0 Å². The molecule has 2 heterocycles. The largest absolute Gasteiger partial charge is 0.483 e. The molecule has 1 aliphatic heterocycles. The third kappa shape index (κ3) is 10.3. The van der Waals surface area contributed by atoms with Crippen LogP contribution in [0, 0.1) is 6.92 Å². The maximum absolute atomic E-state index is 8.36. The molecule has 0 saturated carbocycles. The van der Waals surface area contributed by atoms with Gasteiger partial charge in [-0.25, -0.2) is 0 Å². The number of piperazine rings is 1. The first-order valence-electron chi connectivity index (χ1n) is 10.0. The summed E-state index contributed by atoms with van der Waals surface area (Å²) in [5.41, 5.74) is 3.70. The standard InChI is InChI=1S/C19H28ClN5.2CH2O2/c1-16-17(14-21-22-16)15-23(2)7-4-8-24-9-11-25(12-10-24)19-6-3-5-18(20)13-19;2*2-1-3/h3,5-6,13-14H,4,7-12,15H2,1-2H3,(H,21,22);2*1H,(H,2,3). The zero-order valence-corrected chi connectivity index (χ0v) is 18.8. The lowest BCUT2D eigenvalue weighted by Crippen LogP contribution is -2.47. The number of carbonyl (C=O) groups is 2. The van der Waals surface area contributed by atoms with Crippen molar-refractivity contribution in [3.05, 3.63) is 46.7 Å². The Morgan fingerprint density at radius 2 is 1.84 bits per heavy atom. The summed E-state index contributed by atoms with van der Waals surface area (Å²) in [6.45, 7) is 9.21. The number of carboxylic acid groups (broad SMARTS) is 2. The van der Waals surface area contributed by atoms with Gasteiger partial charge in [0, 0.05) is 54.7 Å². The van der Waals surface area contributed by atoms with Gasteiger partial charge < -0.3 is 20.0 Å². The van der Waals surface area contributed by atoms with Gasteiger partial charge in [-0.1, -0.05) is 17.7 Å². The molecule has 1 aromatic heterocycles. The molecular formula is C21H32ClN5O4. The fraction of sp³-hybridized carbons (Fsp3) is 0.476. The monoisotopic (exact) mass is 453 g/mol. The Labute approximate surface area is 188 Å². The van der Waals surface area contributed by atoms with Crippen molar-refractivity contribution in [2.45, 2.75) is 19.9 Å². The molecule has 1 fully saturated rings. The maximum Gasteiger partial charge on any atom is 0.290 e. The maximum atomic E-state index is 8.36. The van der Waals surface area contributed by atoms with E-state index in [2.05, 4.69) is 51.0 Å². The summed E-state index contributed by atoms with van der Waals surface area (Å²) < 4.78 is 0. The first kappa shape index (κ1) is 26.4. The van der Waals surface area contributed by atoms with Gasteiger partial charge in [-0.2, -0.15) is 5.10 Å². The SMILES string of the molecule is Cc1[nH]ncc1CN(C)CCCN1CCN(c2cccc(Cl)c2)CC1.O=CO.O=CO. The van der Waals surface area contributed by atoms with Crippen LogP contribution in [0.25, 0.3) is 0 Å². The van der Waals surface area contributed by atoms with Gasteiger partial charge in [0.15, 0.2) is 0 Å². The average molecular weight is 454 g/mol. The molecule has 1 aliphatic rings. The van der Waals surface area contributed by atoms with Crippen molar-refractivity contribution >= 4 is 30.2 Å². The zero-order chi connectivity index (χ0) is 23.1. The van der Waals surface area contributed by atoms with Gasteiger partial charge in [0.25, 0.3) is 12.9 Å². The number of hydrogen-bond acceptors (Lipinski definition) is 6. The van der Waals surface area contributed by atoms with Crippen LogP contribution in [0.2, 0.25) is 5.02 Å². The van der Waals surface area contributed by atoms with E-state index in [0.29, 0.717) is 0 Å². The first-order chi connectivity index (χ1) is 14.9. The molecule has 0 spiro atoms. The molecule has 3 N–H and O–H groups in total. The second-order valence-electron chi connectivity index (χ2n) is 7.13. The second kappa shape index (κ2) is 15.2. The molecule has 0 amide bonds. The van der Waals surface area contributed by atoms with Gasteiger partial charge in [-0.3, -0.25) is 19.6 Å². The Kier molecular flexibility index (Phi) is 13.0. The molecule has 9 nitrogen and oxygen atoms in total. The van der Waals surface area contributed by atoms with E-state index < -0.39 is 0 Å². The summed E-state index contributed by atoms with van der Waals surface area (Å²) in [6.07, 6.45) is 3.13. The number of hydrogen-bond donors (Lipinski definition) is 3. The Balaban J connectivity index is 0.000000720. The van der Waals surface area contributed by atoms with E-state index in [1.807, 2.05) is 18.3 Å². The van der Waals surface area contributed by atoms with Crippen LogP contribution >= 0.6 is 11.6 Å². The Hall–Kier alpha value is -2.62. The van der Waals surface area contributed by atoms with Crippen LogP contribution in [-0.2, 0) is 16.1 Å². The fourth-order valence-corrected chi connectivity index (χ4v) is 3.56. The van der Waals surface area contributed by atoms with Crippen molar-refractivity contribution in [2.75, 3.05) is 51.2 Å². The average Bonchev–Trinajstić information content (AvgIpc) is 3.14. The molecule has 0 aliphatic carbocycles. The summed E-state index contributed by atoms with van der Waals surface area (Å²) in [4.78, 5) is 24.1. The highest BCUT2D eigenvalue weighted by molar-refractivity contribution is 6.30. The predicted octanol–water partition coefficient (Wildman–Crippen LogP) is 2.42. The van der Waals surface area contributed by atoms with E-state index in [4.69, 9.17) is 31.4 Å². The molecule has 0 bridgehead atoms. The van der Waals surface area contributed by atoms with Gasteiger partial charge in [0.2, 0.25) is 0 Å². The van der Waals surface area contributed by atoms with E-state index in [1.54, 1.807) is 0 Å². The Bertz CT molecular complexity index is 760. The van der Waals surface area contributed by atoms with E-state index in [0.717, 1.165) is 50.8 Å². The Morgan fingerprint density at radius 1 is 1.19 bits per heavy atom. The number of rotatable bonds is 7. The molecule has 31 heavy (non-hydrogen) atoms. The lowest BCUT2D eigenvalue weighted by Gasteiger charge is -2.36. The molecule has 0 radical (unpaired) electrons. The molecule has 0 unspecified atom stereocenters. The second-order valence-corrected chi connectivity index (χ2v) is 7.57. The van der Waals surface area contributed by atoms with Crippen LogP contribution in [0.3, 0.4) is 0 Å². The summed E-state index contributed by atoms with van der Waals surface area (Å²) in [6, 6.07) is 8.17. The van der Waals surface area contributed by atoms with E-state index in [9.17, 15) is 0 Å². The van der Waals surface area contributed by atoms with Crippen LogP contribution in [0.5, 0.6) is 0 Å². The van der Waals surface area contributed by atoms with Crippen LogP contribution in [0.4, 0.5) is 5.69 Å². The third-order valence-electron chi connectivity index (χ3n) is 4.93. The molecule has 3 rings (SSSR count). The number of aromatic nitrogens is 2. The molecule has 0 atom stereocenters. The minimum absolute atomic E-state index is 0.250. The van der Waals surface area contributed by atoms with Gasteiger partial charge >= 0.3 is 0 Å². The third-order valence-corrected chi connectivity index (χ3v) is 5.17. The summed E-state index contributed by atoms with van der Waals surface area (Å²) in [5, 5.41) is 21.7. The fourth-order valence-electron chi connectivity index (χ4n) is 3.37. The summed E-state index contributed by atoms with van der Waals surface area (Å²) in [7, 11) is 2.18. The number of aromatic amines is 1. The topological polar surface area (TPSA) is 113 Å². The van der Waals surface area contributed by atoms with Crippen molar-refractivity contribution in [3.8, 4) is 0 Å². The number of benzene rings is 1. The molecule has 1 aromatic carbocycles. The highest BCUT2D eigenvalue weighted by atomic mass is 35.5. The quantitative estimate of drug-likeness (QED) is 0.548. The van der Waals surface area contributed by atoms with Gasteiger partial charge in [0.1, 0.15) is 0 Å². The lowest BCUT2D eigenvalue weighted by atomic mass is 10.2. The summed E-state index contributed by atoms with van der Waals surface area (Å²) >= 11 is 6.10. The minimum atomic E-state index is -0.250. The van der Waals surface area contributed by atoms with E-state index in [-0.39, 0.29) is 12.9 Å². The van der Waals surface area contributed by atoms with Gasteiger partial charge in [0.05, 0.1) is 6.20 Å². The zero-order valence-electron chi connectivity index (χ0n) is 18.1. The highest BCUT2D eigenvalue weighted by Crippen LogP contribution is 2.20. The lowest BCUT2D eigenvalue weighted by molar-refractivity contribution is -0.123. The summed E-state index contributed by atoms with van der Waals surface area (Å²) in [5.74, 6) is 0. The van der Waals surface area contributed by atoms with Crippen LogP contribution < -0.4 is 4.90 Å². The van der Waals surface area contributed by atoms with Crippen molar-refractivity contribution in [1.82, 2.24) is 20.0 Å². The molecule has 1 saturated heterocycles. The van der Waals surface area contributed by atoms with Crippen LogP contribution in [-0.4, -0.2) is 89.5 Å². The van der Waals surface area contributed by atoms with Crippen molar-refractivity contribution in [2.24, 2.45) is 0 Å². The predicted molar refractivity (Wildman–Crippen MR) is 122 cm³/mol. The molecular weight excluding hydrogens is 422 g/mol. The number of anilines is 1. The van der Waals surface area contributed by atoms with E-state index in [1.165, 1.54) is 23.4 Å². The number of halogens is 1. The van der Waals surface area contributed by atoms with Crippen LogP contribution in [0.1, 0.15) is 17.7 Å². The number of nitrogens with one attached hydrogen (secondary N) is 1. The first-order valence-corrected chi connectivity index (χ1v) is 10.4. The number of H-pyrrole nitrogens is 1. The van der Waals surface area contributed by atoms with Crippen molar-refractivity contribution in [3.63, 3.8) is 0 Å². The molecule has 2 aromatic rings. The smallest absolute Gasteiger partial charge is 0.290 e. The Morgan fingerprint density at radius 3 is 2.39 bits per heavy atom. The molecule has 10 heteroatoms. The number of aryl methyl sites for hydroxylation is 1. The van der Waals surface area contributed by atoms with Gasteiger partial charge in [-0.15, -0.1) is 0 Å². The van der Waals surface area contributed by atoms with Crippen molar-refractivity contribution in [1.29, 1.82) is 0 Å². The normalized spacial score (nSPS) is 13.6. The van der Waals surface area contributed by atoms with Crippen molar-refractivity contribution < 1.29 is 19.8 Å². The molecule has 172 valence electrons. The number of nitrogens with zero attached hydrogens (tertiary/aromatic N) is 4. The minimum Gasteiger partial charge on any atom is -0.483 e. The highest BCUT2D eigenvalue weighted by Gasteiger charge is 2.17. The van der Waals surface area contributed by atoms with Crippen LogP contribution in [0.15, 0.2) is 30.5 Å².